The zero-order valence-electron chi connectivity index (χ0n) is 11.9. The topological polar surface area (TPSA) is 95.2 Å². The van der Waals surface area contributed by atoms with Gasteiger partial charge in [0, 0.05) is 19.2 Å². The van der Waals surface area contributed by atoms with Crippen LogP contribution >= 0.6 is 11.6 Å². The predicted molar refractivity (Wildman–Crippen MR) is 85.3 cm³/mol. The smallest absolute Gasteiger partial charge is 0.146 e. The number of halogens is 1. The summed E-state index contributed by atoms with van der Waals surface area (Å²) in [6.45, 7) is 1.70. The van der Waals surface area contributed by atoms with Crippen LogP contribution in [0.4, 0.5) is 17.3 Å². The Hall–Kier alpha value is -1.99. The maximum Gasteiger partial charge on any atom is 0.146 e. The Balaban J connectivity index is 1.70. The van der Waals surface area contributed by atoms with Gasteiger partial charge < -0.3 is 21.1 Å². The molecule has 4 N–H and O–H groups in total. The van der Waals surface area contributed by atoms with E-state index in [-0.39, 0.29) is 0 Å². The summed E-state index contributed by atoms with van der Waals surface area (Å²) in [6, 6.07) is 1.90. The molecule has 2 saturated heterocycles. The minimum absolute atomic E-state index is 0.297. The van der Waals surface area contributed by atoms with Crippen molar-refractivity contribution in [2.24, 2.45) is 0 Å². The highest BCUT2D eigenvalue weighted by atomic mass is 35.5. The lowest BCUT2D eigenvalue weighted by Gasteiger charge is -2.33. The molecule has 116 valence electrons. The average Bonchev–Trinajstić information content (AvgIpc) is 3.02. The normalized spacial score (nSPS) is 24.0. The van der Waals surface area contributed by atoms with Crippen LogP contribution in [0.2, 0.25) is 5.02 Å². The first-order valence-electron chi connectivity index (χ1n) is 7.27. The van der Waals surface area contributed by atoms with Crippen LogP contribution in [0.3, 0.4) is 0 Å². The van der Waals surface area contributed by atoms with Crippen molar-refractivity contribution < 1.29 is 4.74 Å². The summed E-state index contributed by atoms with van der Waals surface area (Å²) in [5, 5.41) is 4.59. The molecule has 8 heteroatoms. The van der Waals surface area contributed by atoms with E-state index in [1.54, 1.807) is 6.20 Å². The quantitative estimate of drug-likeness (QED) is 0.869. The number of rotatable bonds is 2. The van der Waals surface area contributed by atoms with Crippen LogP contribution in [0, 0.1) is 0 Å². The number of hydrogen-bond donors (Lipinski definition) is 2. The summed E-state index contributed by atoms with van der Waals surface area (Å²) in [5.41, 5.74) is 13.2. The highest BCUT2D eigenvalue weighted by Gasteiger charge is 2.34. The first-order valence-corrected chi connectivity index (χ1v) is 7.65. The molecule has 0 amide bonds. The molecule has 2 aliphatic rings. The van der Waals surface area contributed by atoms with Crippen molar-refractivity contribution in [1.82, 2.24) is 14.8 Å². The van der Waals surface area contributed by atoms with Gasteiger partial charge in [-0.05, 0) is 12.8 Å². The van der Waals surface area contributed by atoms with E-state index < -0.39 is 0 Å². The van der Waals surface area contributed by atoms with Crippen LogP contribution in [0.25, 0.3) is 5.69 Å². The largest absolute Gasteiger partial charge is 0.396 e. The number of pyridine rings is 1. The monoisotopic (exact) mass is 320 g/mol. The number of nitrogens with two attached hydrogens (primary N) is 2. The number of fused-ring (bicyclic) bond motifs is 2. The lowest BCUT2D eigenvalue weighted by Crippen LogP contribution is -2.43. The molecule has 2 atom stereocenters. The Kier molecular flexibility index (Phi) is 3.12. The van der Waals surface area contributed by atoms with Gasteiger partial charge in [0.25, 0.3) is 0 Å². The van der Waals surface area contributed by atoms with Crippen molar-refractivity contribution in [2.45, 2.75) is 25.0 Å². The maximum atomic E-state index is 6.03. The Morgan fingerprint density at radius 1 is 1.18 bits per heavy atom. The number of anilines is 3. The fourth-order valence-electron chi connectivity index (χ4n) is 3.13. The number of aromatic nitrogens is 3. The molecule has 4 heterocycles. The molecule has 2 aromatic heterocycles. The number of ether oxygens (including phenoxy) is 1. The van der Waals surface area contributed by atoms with E-state index in [2.05, 4.69) is 15.0 Å². The number of nitrogens with zero attached hydrogens (tertiary/aromatic N) is 4. The van der Waals surface area contributed by atoms with Crippen LogP contribution in [0.15, 0.2) is 18.5 Å². The van der Waals surface area contributed by atoms with Crippen molar-refractivity contribution >= 4 is 28.9 Å². The summed E-state index contributed by atoms with van der Waals surface area (Å²) < 4.78 is 7.40. The molecule has 2 aliphatic heterocycles. The first kappa shape index (κ1) is 13.7. The highest BCUT2D eigenvalue weighted by Crippen LogP contribution is 2.31. The molecular formula is C14H17ClN6O. The molecule has 0 aliphatic carbocycles. The molecule has 2 bridgehead atoms. The standard InChI is InChI=1S/C14H17ClN6O/c15-10-4-19-21(14(10)17)12-3-13(18-5-11(12)16)20-6-8-1-2-9(7-20)22-8/h3-5,8-9H,1-2,6-7,16-17H2. The van der Waals surface area contributed by atoms with Gasteiger partial charge in [-0.2, -0.15) is 5.10 Å². The summed E-state index contributed by atoms with van der Waals surface area (Å²) in [6.07, 6.45) is 5.97. The van der Waals surface area contributed by atoms with Gasteiger partial charge in [0.1, 0.15) is 16.7 Å². The number of morpholine rings is 1. The van der Waals surface area contributed by atoms with Gasteiger partial charge in [-0.1, -0.05) is 11.6 Å². The maximum absolute atomic E-state index is 6.03. The SMILES string of the molecule is Nc1cnc(N2CC3CCC(C2)O3)cc1-n1ncc(Cl)c1N. The minimum Gasteiger partial charge on any atom is -0.396 e. The van der Waals surface area contributed by atoms with Gasteiger partial charge in [0.15, 0.2) is 0 Å². The van der Waals surface area contributed by atoms with E-state index in [9.17, 15) is 0 Å². The zero-order valence-corrected chi connectivity index (χ0v) is 12.7. The lowest BCUT2D eigenvalue weighted by molar-refractivity contribution is 0.0302. The third-order valence-electron chi connectivity index (χ3n) is 4.25. The molecule has 0 spiro atoms. The highest BCUT2D eigenvalue weighted by molar-refractivity contribution is 6.32. The molecular weight excluding hydrogens is 304 g/mol. The van der Waals surface area contributed by atoms with E-state index in [4.69, 9.17) is 27.8 Å². The molecule has 2 fully saturated rings. The Labute approximate surface area is 132 Å². The van der Waals surface area contributed by atoms with Crippen molar-refractivity contribution in [3.8, 4) is 5.69 Å². The van der Waals surface area contributed by atoms with Crippen molar-refractivity contribution in [3.63, 3.8) is 0 Å². The van der Waals surface area contributed by atoms with E-state index in [1.165, 1.54) is 10.9 Å². The second kappa shape index (κ2) is 5.03. The van der Waals surface area contributed by atoms with Crippen LogP contribution in [0.1, 0.15) is 12.8 Å². The molecule has 0 saturated carbocycles. The molecule has 7 nitrogen and oxygen atoms in total. The minimum atomic E-state index is 0.297. The fourth-order valence-corrected chi connectivity index (χ4v) is 3.26. The number of hydrogen-bond acceptors (Lipinski definition) is 6. The van der Waals surface area contributed by atoms with E-state index in [1.807, 2.05) is 6.07 Å². The molecule has 4 rings (SSSR count). The first-order chi connectivity index (χ1) is 10.6. The van der Waals surface area contributed by atoms with Gasteiger partial charge in [-0.3, -0.25) is 0 Å². The summed E-state index contributed by atoms with van der Waals surface area (Å²) in [4.78, 5) is 6.68. The third-order valence-corrected chi connectivity index (χ3v) is 4.54. The average molecular weight is 321 g/mol. The van der Waals surface area contributed by atoms with E-state index >= 15 is 0 Å². The Morgan fingerprint density at radius 3 is 2.55 bits per heavy atom. The third kappa shape index (κ3) is 2.17. The van der Waals surface area contributed by atoms with Crippen LogP contribution in [-0.2, 0) is 4.74 Å². The van der Waals surface area contributed by atoms with E-state index in [0.29, 0.717) is 34.4 Å². The fraction of sp³-hybridized carbons (Fsp3) is 0.429. The van der Waals surface area contributed by atoms with Gasteiger partial charge in [-0.15, -0.1) is 0 Å². The summed E-state index contributed by atoms with van der Waals surface area (Å²) in [5.74, 6) is 1.22. The summed E-state index contributed by atoms with van der Waals surface area (Å²) >= 11 is 5.97. The van der Waals surface area contributed by atoms with Crippen molar-refractivity contribution in [1.29, 1.82) is 0 Å². The second-order valence-corrected chi connectivity index (χ2v) is 6.16. The lowest BCUT2D eigenvalue weighted by atomic mass is 10.2. The summed E-state index contributed by atoms with van der Waals surface area (Å²) in [7, 11) is 0. The van der Waals surface area contributed by atoms with Crippen molar-refractivity contribution in [3.05, 3.63) is 23.5 Å². The predicted octanol–water partition coefficient (Wildman–Crippen LogP) is 1.45. The van der Waals surface area contributed by atoms with E-state index in [0.717, 1.165) is 31.7 Å². The second-order valence-electron chi connectivity index (χ2n) is 5.75. The zero-order chi connectivity index (χ0) is 15.3. The molecule has 2 unspecified atom stereocenters. The molecule has 0 radical (unpaired) electrons. The molecule has 0 aromatic carbocycles. The number of nitrogen functional groups attached to an aromatic ring is 2. The van der Waals surface area contributed by atoms with Gasteiger partial charge >= 0.3 is 0 Å². The Morgan fingerprint density at radius 2 is 1.91 bits per heavy atom. The van der Waals surface area contributed by atoms with Crippen LogP contribution in [-0.4, -0.2) is 40.1 Å². The molecule has 22 heavy (non-hydrogen) atoms. The van der Waals surface area contributed by atoms with Gasteiger partial charge in [-0.25, -0.2) is 9.67 Å². The molecule has 2 aromatic rings. The van der Waals surface area contributed by atoms with Gasteiger partial charge in [0.05, 0.1) is 36.0 Å². The van der Waals surface area contributed by atoms with Crippen molar-refractivity contribution in [2.75, 3.05) is 29.5 Å². The van der Waals surface area contributed by atoms with Crippen LogP contribution in [0.5, 0.6) is 0 Å². The Bertz CT molecular complexity index is 705. The van der Waals surface area contributed by atoms with Gasteiger partial charge in [0.2, 0.25) is 0 Å². The van der Waals surface area contributed by atoms with Crippen LogP contribution < -0.4 is 16.4 Å².